The summed E-state index contributed by atoms with van der Waals surface area (Å²) in [5.74, 6) is -1.91. The molecule has 0 spiro atoms. The lowest BCUT2D eigenvalue weighted by Crippen LogP contribution is -2.49. The summed E-state index contributed by atoms with van der Waals surface area (Å²) in [5, 5.41) is 35.3. The molecule has 0 aliphatic carbocycles. The molecule has 0 unspecified atom stereocenters. The highest BCUT2D eigenvalue weighted by molar-refractivity contribution is 7.80. The van der Waals surface area contributed by atoms with Gasteiger partial charge in [0.1, 0.15) is 12.2 Å². The highest BCUT2D eigenvalue weighted by Crippen LogP contribution is 2.09. The maximum Gasteiger partial charge on any atom is 0.398 e. The average molecular weight is 274 g/mol. The lowest BCUT2D eigenvalue weighted by molar-refractivity contribution is -0.162. The van der Waals surface area contributed by atoms with Crippen LogP contribution in [-0.4, -0.2) is 70.1 Å². The fourth-order valence-electron chi connectivity index (χ4n) is 0.828. The predicted molar refractivity (Wildman–Crippen MR) is 48.1 cm³/mol. The van der Waals surface area contributed by atoms with E-state index in [-0.39, 0.29) is 6.29 Å². The van der Waals surface area contributed by atoms with E-state index in [4.69, 9.17) is 25.0 Å². The quantitative estimate of drug-likeness (QED) is 0.231. The van der Waals surface area contributed by atoms with Gasteiger partial charge in [-0.15, -0.1) is 0 Å². The Bertz CT molecular complexity index is 374. The van der Waals surface area contributed by atoms with Crippen LogP contribution in [0.25, 0.3) is 0 Å². The van der Waals surface area contributed by atoms with Gasteiger partial charge in [0.05, 0.1) is 0 Å². The average Bonchev–Trinajstić information content (AvgIpc) is 2.21. The molecule has 0 aliphatic rings. The molecule has 0 rings (SSSR count). The van der Waals surface area contributed by atoms with Crippen LogP contribution >= 0.6 is 0 Å². The molecule has 5 N–H and O–H groups in total. The third-order valence-electron chi connectivity index (χ3n) is 1.63. The van der Waals surface area contributed by atoms with Crippen molar-refractivity contribution in [3.05, 3.63) is 0 Å². The summed E-state index contributed by atoms with van der Waals surface area (Å²) in [7, 11) is -5.09. The van der Waals surface area contributed by atoms with Crippen LogP contribution in [-0.2, 0) is 24.2 Å². The zero-order valence-corrected chi connectivity index (χ0v) is 8.89. The number of carbonyl (C=O) groups is 2. The van der Waals surface area contributed by atoms with E-state index >= 15 is 0 Å². The Hall–Kier alpha value is -1.11. The third-order valence-corrected chi connectivity index (χ3v) is 2.10. The van der Waals surface area contributed by atoms with E-state index in [0.29, 0.717) is 0 Å². The van der Waals surface area contributed by atoms with Gasteiger partial charge in [-0.05, 0) is 0 Å². The van der Waals surface area contributed by atoms with E-state index in [1.165, 1.54) is 0 Å². The first-order valence-electron chi connectivity index (χ1n) is 3.98. The molecule has 0 amide bonds. The van der Waals surface area contributed by atoms with Gasteiger partial charge in [0.15, 0.2) is 18.5 Å². The molecule has 17 heavy (non-hydrogen) atoms. The van der Waals surface area contributed by atoms with E-state index in [0.717, 1.165) is 0 Å². The van der Waals surface area contributed by atoms with Gasteiger partial charge in [0.2, 0.25) is 0 Å². The fraction of sp³-hybridized carbons (Fsp3) is 0.667. The first-order chi connectivity index (χ1) is 7.60. The van der Waals surface area contributed by atoms with Gasteiger partial charge >= 0.3 is 16.4 Å². The summed E-state index contributed by atoms with van der Waals surface area (Å²) in [5.41, 5.74) is 0. The number of aliphatic hydroxyl groups excluding tert-OH is 3. The summed E-state index contributed by atoms with van der Waals surface area (Å²) in [6.07, 6.45) is -9.76. The van der Waals surface area contributed by atoms with E-state index in [1.807, 2.05) is 0 Å². The minimum absolute atomic E-state index is 0.295. The largest absolute Gasteiger partial charge is 0.479 e. The number of carboxylic acids is 1. The van der Waals surface area contributed by atoms with Crippen LogP contribution in [0.3, 0.4) is 0 Å². The highest BCUT2D eigenvalue weighted by atomic mass is 32.3. The number of hydrogen-bond acceptors (Lipinski definition) is 8. The monoisotopic (exact) mass is 274 g/mol. The smallest absolute Gasteiger partial charge is 0.398 e. The third kappa shape index (κ3) is 5.16. The van der Waals surface area contributed by atoms with Gasteiger partial charge in [-0.1, -0.05) is 0 Å². The minimum Gasteiger partial charge on any atom is -0.479 e. The maximum absolute atomic E-state index is 10.3. The molecule has 10 nitrogen and oxygen atoms in total. The molecule has 0 aromatic rings. The Morgan fingerprint density at radius 1 is 1.18 bits per heavy atom. The molecule has 0 heterocycles. The van der Waals surface area contributed by atoms with Gasteiger partial charge in [-0.3, -0.25) is 4.55 Å². The molecule has 4 atom stereocenters. The second kappa shape index (κ2) is 6.00. The van der Waals surface area contributed by atoms with Gasteiger partial charge < -0.3 is 25.2 Å². The summed E-state index contributed by atoms with van der Waals surface area (Å²) in [4.78, 5) is 20.5. The van der Waals surface area contributed by atoms with Crippen molar-refractivity contribution < 1.29 is 47.2 Å². The lowest BCUT2D eigenvalue weighted by atomic mass is 10.0. The maximum atomic E-state index is 10.3. The minimum atomic E-state index is -5.09. The highest BCUT2D eigenvalue weighted by Gasteiger charge is 2.37. The summed E-state index contributed by atoms with van der Waals surface area (Å²) in [6.45, 7) is 0. The number of carboxylic acid groups (broad SMARTS) is 1. The van der Waals surface area contributed by atoms with Crippen LogP contribution in [0.4, 0.5) is 0 Å². The van der Waals surface area contributed by atoms with Crippen LogP contribution in [0.2, 0.25) is 0 Å². The molecule has 0 bridgehead atoms. The normalized spacial score (nSPS) is 19.1. The number of hydrogen-bond donors (Lipinski definition) is 5. The number of aliphatic hydroxyl groups is 3. The zero-order valence-electron chi connectivity index (χ0n) is 8.07. The van der Waals surface area contributed by atoms with Crippen molar-refractivity contribution in [2.24, 2.45) is 0 Å². The number of carbonyl (C=O) groups excluding carboxylic acids is 1. The molecular formula is C6H10O10S. The first-order valence-corrected chi connectivity index (χ1v) is 5.34. The van der Waals surface area contributed by atoms with E-state index in [1.54, 1.807) is 0 Å². The van der Waals surface area contributed by atoms with Crippen LogP contribution in [0.1, 0.15) is 0 Å². The summed E-state index contributed by atoms with van der Waals surface area (Å²) in [6, 6.07) is 0. The zero-order chi connectivity index (χ0) is 13.8. The molecule has 0 aliphatic heterocycles. The van der Waals surface area contributed by atoms with Crippen LogP contribution < -0.4 is 0 Å². The second-order valence-electron chi connectivity index (χ2n) is 2.89. The van der Waals surface area contributed by atoms with Crippen LogP contribution in [0.15, 0.2) is 0 Å². The lowest BCUT2D eigenvalue weighted by Gasteiger charge is -2.23. The Labute approximate surface area is 95.0 Å². The van der Waals surface area contributed by atoms with Crippen LogP contribution in [0, 0.1) is 0 Å². The van der Waals surface area contributed by atoms with Crippen molar-refractivity contribution in [3.8, 4) is 0 Å². The molecule has 0 aromatic carbocycles. The van der Waals surface area contributed by atoms with E-state index < -0.39 is 40.8 Å². The number of aliphatic carboxylic acids is 1. The number of rotatable bonds is 7. The van der Waals surface area contributed by atoms with Crippen molar-refractivity contribution in [1.82, 2.24) is 0 Å². The van der Waals surface area contributed by atoms with Gasteiger partial charge in [-0.2, -0.15) is 8.42 Å². The fourth-order valence-corrected chi connectivity index (χ4v) is 1.27. The molecular weight excluding hydrogens is 264 g/mol. The van der Waals surface area contributed by atoms with Gasteiger partial charge in [0, 0.05) is 0 Å². The van der Waals surface area contributed by atoms with E-state index in [2.05, 4.69) is 4.18 Å². The molecule has 0 aromatic heterocycles. The Kier molecular flexibility index (Phi) is 5.60. The molecule has 100 valence electrons. The van der Waals surface area contributed by atoms with Crippen molar-refractivity contribution in [3.63, 3.8) is 0 Å². The van der Waals surface area contributed by atoms with Crippen molar-refractivity contribution in [2.45, 2.75) is 24.4 Å². The molecule has 0 fully saturated rings. The van der Waals surface area contributed by atoms with Gasteiger partial charge in [0.25, 0.3) is 0 Å². The SMILES string of the molecule is O=C[C@H](OS(=O)(=O)O)[C@@H](O)[C@@H](O)[C@H](O)C(=O)O. The van der Waals surface area contributed by atoms with E-state index in [9.17, 15) is 18.0 Å². The summed E-state index contributed by atoms with van der Waals surface area (Å²) >= 11 is 0. The van der Waals surface area contributed by atoms with Crippen molar-refractivity contribution >= 4 is 22.7 Å². The second-order valence-corrected chi connectivity index (χ2v) is 3.94. The molecule has 11 heteroatoms. The predicted octanol–water partition coefficient (Wildman–Crippen LogP) is -3.46. The van der Waals surface area contributed by atoms with Crippen LogP contribution in [0.5, 0.6) is 0 Å². The van der Waals surface area contributed by atoms with Crippen molar-refractivity contribution in [1.29, 1.82) is 0 Å². The standard InChI is InChI=1S/C6H10O10S/c7-1-2(16-17(13,14)15)3(8)4(9)5(10)6(11)12/h1-5,8-10H,(H,11,12)(H,13,14,15)/t2-,3+,4+,5-/m0/s1. The Morgan fingerprint density at radius 3 is 1.94 bits per heavy atom. The molecule has 0 radical (unpaired) electrons. The molecule has 0 saturated carbocycles. The first kappa shape index (κ1) is 15.9. The van der Waals surface area contributed by atoms with Crippen molar-refractivity contribution in [2.75, 3.05) is 0 Å². The topological polar surface area (TPSA) is 179 Å². The summed E-state index contributed by atoms with van der Waals surface area (Å²) < 4.78 is 32.3. The Morgan fingerprint density at radius 2 is 1.65 bits per heavy atom. The Balaban J connectivity index is 4.81. The van der Waals surface area contributed by atoms with Gasteiger partial charge in [-0.25, -0.2) is 8.98 Å². The molecule has 0 saturated heterocycles. The number of aldehydes is 1.